The lowest BCUT2D eigenvalue weighted by Crippen LogP contribution is -2.18. The second-order valence-electron chi connectivity index (χ2n) is 6.23. The van der Waals surface area contributed by atoms with Crippen molar-refractivity contribution >= 4 is 22.5 Å². The molecule has 4 aromatic rings. The average molecular weight is 346 g/mol. The molecule has 0 atom stereocenters. The zero-order valence-electron chi connectivity index (χ0n) is 14.6. The monoisotopic (exact) mass is 346 g/mol. The topological polar surface area (TPSA) is 73.0 Å². The summed E-state index contributed by atoms with van der Waals surface area (Å²) in [5.41, 5.74) is 3.70. The number of aromatic nitrogens is 3. The maximum atomic E-state index is 12.5. The number of hydrogen-bond acceptors (Lipinski definition) is 4. The van der Waals surface area contributed by atoms with Crippen LogP contribution in [0.25, 0.3) is 22.4 Å². The minimum atomic E-state index is -0.0946. The quantitative estimate of drug-likeness (QED) is 0.607. The van der Waals surface area contributed by atoms with Gasteiger partial charge in [0, 0.05) is 29.7 Å². The molecule has 0 saturated heterocycles. The van der Waals surface area contributed by atoms with Crippen LogP contribution in [0.3, 0.4) is 0 Å². The second kappa shape index (κ2) is 6.48. The van der Waals surface area contributed by atoms with Crippen LogP contribution in [0, 0.1) is 13.8 Å². The van der Waals surface area contributed by atoms with Gasteiger partial charge in [0.25, 0.3) is 0 Å². The summed E-state index contributed by atoms with van der Waals surface area (Å²) in [6.07, 6.45) is 1.88. The van der Waals surface area contributed by atoms with E-state index in [2.05, 4.69) is 15.5 Å². The molecule has 0 aliphatic rings. The zero-order valence-corrected chi connectivity index (χ0v) is 14.6. The van der Waals surface area contributed by atoms with E-state index in [1.54, 1.807) is 6.92 Å². The highest BCUT2D eigenvalue weighted by Crippen LogP contribution is 2.29. The Bertz CT molecular complexity index is 1080. The Morgan fingerprint density at radius 1 is 1.08 bits per heavy atom. The highest BCUT2D eigenvalue weighted by atomic mass is 16.4. The third kappa shape index (κ3) is 3.09. The molecule has 6 heteroatoms. The Morgan fingerprint density at radius 3 is 2.58 bits per heavy atom. The Morgan fingerprint density at radius 2 is 1.85 bits per heavy atom. The zero-order chi connectivity index (χ0) is 18.1. The summed E-state index contributed by atoms with van der Waals surface area (Å²) in [5.74, 6) is 0.869. The van der Waals surface area contributed by atoms with Crippen molar-refractivity contribution in [2.45, 2.75) is 20.4 Å². The van der Waals surface area contributed by atoms with Gasteiger partial charge in [-0.1, -0.05) is 35.9 Å². The molecule has 2 aromatic heterocycles. The lowest BCUT2D eigenvalue weighted by molar-refractivity contribution is -0.116. The normalized spacial score (nSPS) is 11.0. The largest absolute Gasteiger partial charge is 0.421 e. The third-order valence-electron chi connectivity index (χ3n) is 4.19. The van der Waals surface area contributed by atoms with Gasteiger partial charge < -0.3 is 14.3 Å². The standard InChI is InChI=1S/C20H18N4O2/c1-13-7-9-15(10-8-13)21-19(25)12-24-11-17(20-23-22-14(2)26-20)16-5-3-4-6-18(16)24/h3-11H,12H2,1-2H3,(H,21,25). The first-order valence-electron chi connectivity index (χ1n) is 8.35. The molecule has 1 N–H and O–H groups in total. The van der Waals surface area contributed by atoms with E-state index in [0.717, 1.165) is 27.7 Å². The number of carbonyl (C=O) groups is 1. The van der Waals surface area contributed by atoms with Gasteiger partial charge in [-0.15, -0.1) is 10.2 Å². The van der Waals surface area contributed by atoms with Crippen molar-refractivity contribution in [3.63, 3.8) is 0 Å². The van der Waals surface area contributed by atoms with E-state index in [9.17, 15) is 4.79 Å². The fourth-order valence-corrected chi connectivity index (χ4v) is 2.95. The molecule has 2 aromatic carbocycles. The number of rotatable bonds is 4. The lowest BCUT2D eigenvalue weighted by atomic mass is 10.2. The molecule has 6 nitrogen and oxygen atoms in total. The number of nitrogens with zero attached hydrogens (tertiary/aromatic N) is 3. The van der Waals surface area contributed by atoms with Gasteiger partial charge in [0.05, 0.1) is 5.56 Å². The van der Waals surface area contributed by atoms with Crippen LogP contribution in [0.5, 0.6) is 0 Å². The van der Waals surface area contributed by atoms with E-state index < -0.39 is 0 Å². The van der Waals surface area contributed by atoms with Crippen molar-refractivity contribution in [1.82, 2.24) is 14.8 Å². The lowest BCUT2D eigenvalue weighted by Gasteiger charge is -2.07. The number of carbonyl (C=O) groups excluding carboxylic acids is 1. The number of para-hydroxylation sites is 1. The number of fused-ring (bicyclic) bond motifs is 1. The van der Waals surface area contributed by atoms with Crippen LogP contribution in [0.15, 0.2) is 59.1 Å². The van der Waals surface area contributed by atoms with E-state index in [4.69, 9.17) is 4.42 Å². The Hall–Kier alpha value is -3.41. The smallest absolute Gasteiger partial charge is 0.249 e. The number of nitrogens with one attached hydrogen (secondary N) is 1. The summed E-state index contributed by atoms with van der Waals surface area (Å²) in [4.78, 5) is 12.5. The summed E-state index contributed by atoms with van der Waals surface area (Å²) >= 11 is 0. The first kappa shape index (κ1) is 16.1. The molecule has 1 amide bonds. The van der Waals surface area contributed by atoms with E-state index in [1.165, 1.54) is 0 Å². The number of aryl methyl sites for hydroxylation is 2. The Kier molecular flexibility index (Phi) is 4.01. The molecule has 26 heavy (non-hydrogen) atoms. The molecular formula is C20H18N4O2. The molecule has 0 spiro atoms. The summed E-state index contributed by atoms with van der Waals surface area (Å²) in [7, 11) is 0. The highest BCUT2D eigenvalue weighted by molar-refractivity contribution is 5.96. The predicted molar refractivity (Wildman–Crippen MR) is 99.8 cm³/mol. The maximum Gasteiger partial charge on any atom is 0.249 e. The van der Waals surface area contributed by atoms with Crippen molar-refractivity contribution in [1.29, 1.82) is 0 Å². The number of benzene rings is 2. The van der Waals surface area contributed by atoms with Gasteiger partial charge in [0.15, 0.2) is 0 Å². The van der Waals surface area contributed by atoms with Crippen molar-refractivity contribution in [3.8, 4) is 11.5 Å². The minimum absolute atomic E-state index is 0.0946. The van der Waals surface area contributed by atoms with E-state index in [0.29, 0.717) is 11.8 Å². The molecule has 4 rings (SSSR count). The molecule has 0 unspecified atom stereocenters. The first-order valence-corrected chi connectivity index (χ1v) is 8.35. The Labute approximate surface area is 150 Å². The van der Waals surface area contributed by atoms with Gasteiger partial charge in [0.1, 0.15) is 6.54 Å². The number of hydrogen-bond donors (Lipinski definition) is 1. The van der Waals surface area contributed by atoms with Crippen LogP contribution < -0.4 is 5.32 Å². The van der Waals surface area contributed by atoms with Gasteiger partial charge in [-0.3, -0.25) is 4.79 Å². The molecule has 130 valence electrons. The third-order valence-corrected chi connectivity index (χ3v) is 4.19. The van der Waals surface area contributed by atoms with Crippen molar-refractivity contribution in [2.75, 3.05) is 5.32 Å². The van der Waals surface area contributed by atoms with Crippen LogP contribution in [0.4, 0.5) is 5.69 Å². The van der Waals surface area contributed by atoms with E-state index in [1.807, 2.05) is 66.2 Å². The molecule has 2 heterocycles. The second-order valence-corrected chi connectivity index (χ2v) is 6.23. The van der Waals surface area contributed by atoms with Gasteiger partial charge in [-0.2, -0.15) is 0 Å². The van der Waals surface area contributed by atoms with Crippen LogP contribution >= 0.6 is 0 Å². The molecule has 0 bridgehead atoms. The SMILES string of the molecule is Cc1ccc(NC(=O)Cn2cc(-c3nnc(C)o3)c3ccccc32)cc1. The summed E-state index contributed by atoms with van der Waals surface area (Å²) in [6.45, 7) is 3.96. The molecule has 0 radical (unpaired) electrons. The van der Waals surface area contributed by atoms with E-state index in [-0.39, 0.29) is 12.5 Å². The van der Waals surface area contributed by atoms with E-state index >= 15 is 0 Å². The fraction of sp³-hybridized carbons (Fsp3) is 0.150. The van der Waals surface area contributed by atoms with Crippen LogP contribution in [0.1, 0.15) is 11.5 Å². The summed E-state index contributed by atoms with van der Waals surface area (Å²) in [5, 5.41) is 11.9. The molecule has 0 aliphatic carbocycles. The molecule has 0 saturated carbocycles. The average Bonchev–Trinajstić information content (AvgIpc) is 3.21. The van der Waals surface area contributed by atoms with Crippen molar-refractivity contribution in [3.05, 3.63) is 66.2 Å². The predicted octanol–water partition coefficient (Wildman–Crippen LogP) is 3.95. The number of amides is 1. The van der Waals surface area contributed by atoms with Gasteiger partial charge in [0.2, 0.25) is 17.7 Å². The summed E-state index contributed by atoms with van der Waals surface area (Å²) in [6, 6.07) is 15.6. The van der Waals surface area contributed by atoms with Crippen molar-refractivity contribution < 1.29 is 9.21 Å². The molecule has 0 fully saturated rings. The highest BCUT2D eigenvalue weighted by Gasteiger charge is 2.16. The minimum Gasteiger partial charge on any atom is -0.421 e. The van der Waals surface area contributed by atoms with Crippen LogP contribution in [0.2, 0.25) is 0 Å². The van der Waals surface area contributed by atoms with Gasteiger partial charge in [-0.05, 0) is 25.1 Å². The van der Waals surface area contributed by atoms with Gasteiger partial charge in [-0.25, -0.2) is 0 Å². The molecule has 0 aliphatic heterocycles. The van der Waals surface area contributed by atoms with Crippen LogP contribution in [-0.2, 0) is 11.3 Å². The number of anilines is 1. The van der Waals surface area contributed by atoms with Crippen LogP contribution in [-0.4, -0.2) is 20.7 Å². The maximum absolute atomic E-state index is 12.5. The van der Waals surface area contributed by atoms with Gasteiger partial charge >= 0.3 is 0 Å². The van der Waals surface area contributed by atoms with Crippen molar-refractivity contribution in [2.24, 2.45) is 0 Å². The summed E-state index contributed by atoms with van der Waals surface area (Å²) < 4.78 is 7.46. The molecular weight excluding hydrogens is 328 g/mol. The fourth-order valence-electron chi connectivity index (χ4n) is 2.95. The Balaban J connectivity index is 1.64. The first-order chi connectivity index (χ1) is 12.6.